The van der Waals surface area contributed by atoms with Crippen molar-refractivity contribution in [2.24, 2.45) is 5.92 Å². The van der Waals surface area contributed by atoms with E-state index < -0.39 is 11.4 Å². The highest BCUT2D eigenvalue weighted by Gasteiger charge is 2.49. The van der Waals surface area contributed by atoms with Crippen molar-refractivity contribution in [3.05, 3.63) is 77.9 Å². The molecule has 3 heterocycles. The Balaban J connectivity index is 1.66. The Bertz CT molecular complexity index is 938. The molecule has 0 saturated carbocycles. The van der Waals surface area contributed by atoms with Crippen LogP contribution in [-0.2, 0) is 12.1 Å². The Hall–Kier alpha value is -2.97. The molecule has 4 rings (SSSR count). The van der Waals surface area contributed by atoms with Gasteiger partial charge in [-0.3, -0.25) is 9.97 Å². The summed E-state index contributed by atoms with van der Waals surface area (Å²) in [5.41, 5.74) is 2.43. The lowest BCUT2D eigenvalue weighted by atomic mass is 9.84. The van der Waals surface area contributed by atoms with Gasteiger partial charge in [-0.15, -0.1) is 0 Å². The van der Waals surface area contributed by atoms with Crippen LogP contribution in [0.2, 0.25) is 0 Å². The number of rotatable bonds is 6. The van der Waals surface area contributed by atoms with Crippen LogP contribution in [0.1, 0.15) is 16.8 Å². The van der Waals surface area contributed by atoms with Gasteiger partial charge < -0.3 is 15.3 Å². The van der Waals surface area contributed by atoms with E-state index in [2.05, 4.69) is 56.4 Å². The maximum Gasteiger partial charge on any atom is 0.225 e. The number of aryl methyl sites for hydroxylation is 1. The van der Waals surface area contributed by atoms with Gasteiger partial charge in [-0.1, -0.05) is 29.8 Å². The standard InChI is InChI=1S/C21H23FN6O/c1-15-2-4-16(5-3-15)8-27-21(19-11-23-6-7-24-19)14-28(12-17(21)13-29)20-25-9-18(22)10-26-20/h2-7,9-11,17,27,29H,8,12-14H2,1H3. The van der Waals surface area contributed by atoms with Crippen molar-refractivity contribution >= 4 is 5.95 Å². The first-order valence-electron chi connectivity index (χ1n) is 9.51. The molecular formula is C21H23FN6O. The molecule has 1 aliphatic rings. The minimum atomic E-state index is -0.647. The van der Waals surface area contributed by atoms with Crippen molar-refractivity contribution in [1.82, 2.24) is 25.3 Å². The van der Waals surface area contributed by atoms with E-state index in [-0.39, 0.29) is 12.5 Å². The van der Waals surface area contributed by atoms with Gasteiger partial charge in [0.2, 0.25) is 5.95 Å². The molecule has 0 bridgehead atoms. The maximum atomic E-state index is 13.3. The molecule has 1 aliphatic heterocycles. The fourth-order valence-electron chi connectivity index (χ4n) is 3.83. The molecule has 7 nitrogen and oxygen atoms in total. The van der Waals surface area contributed by atoms with Crippen molar-refractivity contribution in [2.45, 2.75) is 19.0 Å². The molecule has 0 spiro atoms. The number of aromatic nitrogens is 4. The van der Waals surface area contributed by atoms with Gasteiger partial charge in [0, 0.05) is 44.6 Å². The molecule has 1 fully saturated rings. The monoisotopic (exact) mass is 394 g/mol. The SMILES string of the molecule is Cc1ccc(CNC2(c3cnccn3)CN(c3ncc(F)cn3)CC2CO)cc1. The fraction of sp³-hybridized carbons (Fsp3) is 0.333. The normalized spacial score (nSPS) is 21.5. The molecular weight excluding hydrogens is 371 g/mol. The molecule has 2 atom stereocenters. The quantitative estimate of drug-likeness (QED) is 0.660. The molecule has 29 heavy (non-hydrogen) atoms. The smallest absolute Gasteiger partial charge is 0.225 e. The van der Waals surface area contributed by atoms with E-state index in [4.69, 9.17) is 0 Å². The highest BCUT2D eigenvalue weighted by atomic mass is 19.1. The number of anilines is 1. The summed E-state index contributed by atoms with van der Waals surface area (Å²) in [4.78, 5) is 18.9. The minimum Gasteiger partial charge on any atom is -0.396 e. The number of nitrogens with one attached hydrogen (secondary N) is 1. The zero-order valence-electron chi connectivity index (χ0n) is 16.2. The van der Waals surface area contributed by atoms with Crippen LogP contribution in [-0.4, -0.2) is 44.7 Å². The first-order valence-corrected chi connectivity index (χ1v) is 9.51. The molecule has 0 amide bonds. The largest absolute Gasteiger partial charge is 0.396 e. The lowest BCUT2D eigenvalue weighted by molar-refractivity contribution is 0.156. The first-order chi connectivity index (χ1) is 14.1. The Morgan fingerprint density at radius 2 is 1.90 bits per heavy atom. The van der Waals surface area contributed by atoms with Crippen molar-refractivity contribution in [3.8, 4) is 0 Å². The second-order valence-corrected chi connectivity index (χ2v) is 7.36. The van der Waals surface area contributed by atoms with Gasteiger partial charge in [0.1, 0.15) is 0 Å². The average Bonchev–Trinajstić information content (AvgIpc) is 3.14. The fourth-order valence-corrected chi connectivity index (χ4v) is 3.83. The third-order valence-corrected chi connectivity index (χ3v) is 5.44. The number of benzene rings is 1. The summed E-state index contributed by atoms with van der Waals surface area (Å²) in [6.07, 6.45) is 7.30. The summed E-state index contributed by atoms with van der Waals surface area (Å²) in [6, 6.07) is 8.30. The molecule has 8 heteroatoms. The first kappa shape index (κ1) is 19.4. The van der Waals surface area contributed by atoms with E-state index >= 15 is 0 Å². The van der Waals surface area contributed by atoms with E-state index in [1.807, 2.05) is 4.90 Å². The summed E-state index contributed by atoms with van der Waals surface area (Å²) in [6.45, 7) is 3.60. The number of aliphatic hydroxyl groups is 1. The van der Waals surface area contributed by atoms with Gasteiger partial charge in [-0.05, 0) is 12.5 Å². The van der Waals surface area contributed by atoms with E-state index in [0.29, 0.717) is 25.6 Å². The Morgan fingerprint density at radius 1 is 1.14 bits per heavy atom. The third-order valence-electron chi connectivity index (χ3n) is 5.44. The summed E-state index contributed by atoms with van der Waals surface area (Å²) in [5.74, 6) is -0.226. The molecule has 0 radical (unpaired) electrons. The van der Waals surface area contributed by atoms with Crippen molar-refractivity contribution in [3.63, 3.8) is 0 Å². The van der Waals surface area contributed by atoms with E-state index in [1.54, 1.807) is 18.6 Å². The summed E-state index contributed by atoms with van der Waals surface area (Å²) >= 11 is 0. The van der Waals surface area contributed by atoms with E-state index in [9.17, 15) is 9.50 Å². The van der Waals surface area contributed by atoms with Crippen LogP contribution in [0.15, 0.2) is 55.2 Å². The van der Waals surface area contributed by atoms with Crippen LogP contribution in [0, 0.1) is 18.7 Å². The van der Waals surface area contributed by atoms with Gasteiger partial charge in [0.25, 0.3) is 0 Å². The predicted octanol–water partition coefficient (Wildman–Crippen LogP) is 1.83. The molecule has 150 valence electrons. The highest BCUT2D eigenvalue weighted by Crippen LogP contribution is 2.37. The summed E-state index contributed by atoms with van der Waals surface area (Å²) in [7, 11) is 0. The van der Waals surface area contributed by atoms with Crippen LogP contribution >= 0.6 is 0 Å². The minimum absolute atomic E-state index is 0.0465. The van der Waals surface area contributed by atoms with Gasteiger partial charge in [0.15, 0.2) is 5.82 Å². The second-order valence-electron chi connectivity index (χ2n) is 7.36. The lowest BCUT2D eigenvalue weighted by Gasteiger charge is -2.34. The number of halogens is 1. The van der Waals surface area contributed by atoms with Gasteiger partial charge in [-0.2, -0.15) is 0 Å². The average molecular weight is 394 g/mol. The van der Waals surface area contributed by atoms with Crippen molar-refractivity contribution < 1.29 is 9.50 Å². The van der Waals surface area contributed by atoms with Crippen molar-refractivity contribution in [2.75, 3.05) is 24.6 Å². The van der Waals surface area contributed by atoms with Crippen LogP contribution in [0.3, 0.4) is 0 Å². The van der Waals surface area contributed by atoms with Crippen LogP contribution in [0.5, 0.6) is 0 Å². The van der Waals surface area contributed by atoms with Gasteiger partial charge >= 0.3 is 0 Å². The zero-order chi connectivity index (χ0) is 20.3. The Kier molecular flexibility index (Phi) is 5.46. The molecule has 2 N–H and O–H groups in total. The maximum absolute atomic E-state index is 13.3. The predicted molar refractivity (Wildman–Crippen MR) is 107 cm³/mol. The Morgan fingerprint density at radius 3 is 2.55 bits per heavy atom. The molecule has 1 aromatic carbocycles. The zero-order valence-corrected chi connectivity index (χ0v) is 16.2. The molecule has 1 saturated heterocycles. The topological polar surface area (TPSA) is 87.1 Å². The van der Waals surface area contributed by atoms with E-state index in [1.165, 1.54) is 5.56 Å². The highest BCUT2D eigenvalue weighted by molar-refractivity contribution is 5.37. The molecule has 2 unspecified atom stereocenters. The van der Waals surface area contributed by atoms with Crippen LogP contribution in [0.25, 0.3) is 0 Å². The number of aliphatic hydroxyl groups excluding tert-OH is 1. The van der Waals surface area contributed by atoms with Gasteiger partial charge in [-0.25, -0.2) is 14.4 Å². The molecule has 0 aliphatic carbocycles. The number of hydrogen-bond acceptors (Lipinski definition) is 7. The number of hydrogen-bond donors (Lipinski definition) is 2. The number of nitrogens with zero attached hydrogens (tertiary/aromatic N) is 5. The van der Waals surface area contributed by atoms with Crippen LogP contribution in [0.4, 0.5) is 10.3 Å². The lowest BCUT2D eigenvalue weighted by Crippen LogP contribution is -2.50. The molecule has 2 aromatic heterocycles. The third kappa shape index (κ3) is 3.94. The Labute approximate surface area is 168 Å². The van der Waals surface area contributed by atoms with Crippen LogP contribution < -0.4 is 10.2 Å². The van der Waals surface area contributed by atoms with E-state index in [0.717, 1.165) is 23.7 Å². The second kappa shape index (κ2) is 8.18. The van der Waals surface area contributed by atoms with Gasteiger partial charge in [0.05, 0.1) is 29.8 Å². The summed E-state index contributed by atoms with van der Waals surface area (Å²) in [5, 5.41) is 13.8. The molecule has 3 aromatic rings. The summed E-state index contributed by atoms with van der Waals surface area (Å²) < 4.78 is 13.3. The van der Waals surface area contributed by atoms with Crippen molar-refractivity contribution in [1.29, 1.82) is 0 Å².